The molecule has 0 amide bonds. The number of piperidine rings is 1. The van der Waals surface area contributed by atoms with E-state index in [1.165, 1.54) is 29.7 Å². The lowest BCUT2D eigenvalue weighted by molar-refractivity contribution is -0.0146. The van der Waals surface area contributed by atoms with Crippen molar-refractivity contribution in [3.05, 3.63) is 89.5 Å². The molecule has 2 unspecified atom stereocenters. The first-order valence-electron chi connectivity index (χ1n) is 12.2. The molecule has 1 spiro atoms. The number of fused-ring (bicyclic) bond motifs is 1. The lowest BCUT2D eigenvalue weighted by Crippen LogP contribution is -2.44. The number of nitrogens with zero attached hydrogens (tertiary/aromatic N) is 1. The van der Waals surface area contributed by atoms with Crippen LogP contribution in [0.2, 0.25) is 0 Å². The number of ether oxygens (including phenoxy) is 2. The van der Waals surface area contributed by atoms with Gasteiger partial charge >= 0.3 is 0 Å². The topological polar surface area (TPSA) is 41.9 Å². The van der Waals surface area contributed by atoms with Crippen molar-refractivity contribution < 1.29 is 14.6 Å². The van der Waals surface area contributed by atoms with E-state index in [1.54, 1.807) is 12.1 Å². The molecule has 3 aromatic rings. The molecule has 1 N–H and O–H groups in total. The average Bonchev–Trinajstić information content (AvgIpc) is 3.32. The number of phenolic OH excluding ortho intramolecular Hbond substituents is 1. The second kappa shape index (κ2) is 8.42. The third-order valence-electron chi connectivity index (χ3n) is 7.86. The summed E-state index contributed by atoms with van der Waals surface area (Å²) in [4.78, 5) is 2.50. The number of aromatic hydroxyl groups is 1. The van der Waals surface area contributed by atoms with Gasteiger partial charge in [0.05, 0.1) is 12.2 Å². The number of phenols is 1. The Labute approximate surface area is 195 Å². The molecule has 170 valence electrons. The minimum Gasteiger partial charge on any atom is -0.508 e. The van der Waals surface area contributed by atoms with Crippen molar-refractivity contribution in [2.24, 2.45) is 0 Å². The molecule has 3 aromatic carbocycles. The van der Waals surface area contributed by atoms with Crippen molar-refractivity contribution in [3.8, 4) is 11.5 Å². The first-order valence-corrected chi connectivity index (χ1v) is 12.2. The monoisotopic (exact) mass is 441 g/mol. The van der Waals surface area contributed by atoms with Gasteiger partial charge in [-0.05, 0) is 55.0 Å². The van der Waals surface area contributed by atoms with Crippen molar-refractivity contribution in [1.29, 1.82) is 0 Å². The van der Waals surface area contributed by atoms with Crippen LogP contribution in [-0.4, -0.2) is 37.0 Å². The summed E-state index contributed by atoms with van der Waals surface area (Å²) in [5.74, 6) is 1.44. The van der Waals surface area contributed by atoms with Crippen LogP contribution in [-0.2, 0) is 4.74 Å². The summed E-state index contributed by atoms with van der Waals surface area (Å²) in [5, 5.41) is 9.99. The zero-order valence-corrected chi connectivity index (χ0v) is 19.0. The number of anilines is 1. The van der Waals surface area contributed by atoms with Gasteiger partial charge in [0.15, 0.2) is 0 Å². The summed E-state index contributed by atoms with van der Waals surface area (Å²) >= 11 is 0. The maximum Gasteiger partial charge on any atom is 0.126 e. The Morgan fingerprint density at radius 1 is 0.848 bits per heavy atom. The summed E-state index contributed by atoms with van der Waals surface area (Å²) in [6.07, 6.45) is 4.68. The molecular weight excluding hydrogens is 410 g/mol. The van der Waals surface area contributed by atoms with Gasteiger partial charge in [-0.1, -0.05) is 48.5 Å². The van der Waals surface area contributed by atoms with Crippen LogP contribution in [0.3, 0.4) is 0 Å². The van der Waals surface area contributed by atoms with E-state index in [4.69, 9.17) is 9.47 Å². The third-order valence-corrected chi connectivity index (χ3v) is 7.86. The number of rotatable bonds is 3. The van der Waals surface area contributed by atoms with Crippen molar-refractivity contribution in [3.63, 3.8) is 0 Å². The van der Waals surface area contributed by atoms with E-state index in [1.807, 2.05) is 6.07 Å². The molecule has 6 rings (SSSR count). The molecule has 3 heterocycles. The highest BCUT2D eigenvalue weighted by molar-refractivity contribution is 5.54. The Morgan fingerprint density at radius 2 is 1.64 bits per heavy atom. The van der Waals surface area contributed by atoms with Crippen LogP contribution in [0.1, 0.15) is 54.2 Å². The van der Waals surface area contributed by atoms with Crippen molar-refractivity contribution in [1.82, 2.24) is 0 Å². The van der Waals surface area contributed by atoms with Crippen LogP contribution in [0.5, 0.6) is 11.5 Å². The summed E-state index contributed by atoms with van der Waals surface area (Å²) in [6.45, 7) is 3.65. The summed E-state index contributed by atoms with van der Waals surface area (Å²) in [5.41, 5.74) is 5.15. The second-order valence-electron chi connectivity index (χ2n) is 9.74. The van der Waals surface area contributed by atoms with Crippen LogP contribution in [0.15, 0.2) is 72.8 Å². The fourth-order valence-corrected chi connectivity index (χ4v) is 6.01. The van der Waals surface area contributed by atoms with Crippen molar-refractivity contribution in [2.75, 3.05) is 31.2 Å². The van der Waals surface area contributed by atoms with Crippen LogP contribution in [0.25, 0.3) is 0 Å². The van der Waals surface area contributed by atoms with Crippen LogP contribution in [0.4, 0.5) is 5.69 Å². The molecule has 0 aliphatic carbocycles. The minimum absolute atomic E-state index is 0.150. The van der Waals surface area contributed by atoms with Gasteiger partial charge in [0, 0.05) is 48.8 Å². The number of benzene rings is 3. The van der Waals surface area contributed by atoms with E-state index >= 15 is 0 Å². The quantitative estimate of drug-likeness (QED) is 0.554. The van der Waals surface area contributed by atoms with Gasteiger partial charge in [0.1, 0.15) is 11.5 Å². The van der Waals surface area contributed by atoms with Crippen molar-refractivity contribution >= 4 is 5.69 Å². The molecule has 0 radical (unpaired) electrons. The van der Waals surface area contributed by atoms with E-state index < -0.39 is 0 Å². The molecule has 3 aliphatic rings. The van der Waals surface area contributed by atoms with E-state index in [0.29, 0.717) is 6.61 Å². The largest absolute Gasteiger partial charge is 0.508 e. The lowest BCUT2D eigenvalue weighted by Gasteiger charge is -2.40. The predicted octanol–water partition coefficient (Wildman–Crippen LogP) is 5.85. The highest BCUT2D eigenvalue weighted by Crippen LogP contribution is 2.47. The molecule has 3 aliphatic heterocycles. The SMILES string of the molecule is Oc1ccc2c(c1)OCC(c1ccccc1)C2c1ccc(N2CCC3(CCCO3)CC2)cc1. The van der Waals surface area contributed by atoms with Gasteiger partial charge in [-0.25, -0.2) is 0 Å². The molecule has 0 bridgehead atoms. The Hall–Kier alpha value is -2.98. The van der Waals surface area contributed by atoms with Gasteiger partial charge in [-0.3, -0.25) is 0 Å². The van der Waals surface area contributed by atoms with Crippen LogP contribution >= 0.6 is 0 Å². The third kappa shape index (κ3) is 3.87. The first kappa shape index (κ1) is 20.6. The Morgan fingerprint density at radius 3 is 2.36 bits per heavy atom. The van der Waals surface area contributed by atoms with Gasteiger partial charge < -0.3 is 19.5 Å². The fraction of sp³-hybridized carbons (Fsp3) is 0.379. The predicted molar refractivity (Wildman–Crippen MR) is 130 cm³/mol. The zero-order valence-electron chi connectivity index (χ0n) is 19.0. The highest BCUT2D eigenvalue weighted by Gasteiger charge is 2.38. The molecule has 33 heavy (non-hydrogen) atoms. The molecule has 2 atom stereocenters. The molecule has 0 aromatic heterocycles. The van der Waals surface area contributed by atoms with Gasteiger partial charge in [0.2, 0.25) is 0 Å². The van der Waals surface area contributed by atoms with Gasteiger partial charge in [-0.2, -0.15) is 0 Å². The number of hydrogen-bond donors (Lipinski definition) is 1. The molecule has 4 nitrogen and oxygen atoms in total. The summed E-state index contributed by atoms with van der Waals surface area (Å²) in [6, 6.07) is 25.3. The highest BCUT2D eigenvalue weighted by atomic mass is 16.5. The minimum atomic E-state index is 0.150. The van der Waals surface area contributed by atoms with Crippen LogP contribution < -0.4 is 9.64 Å². The normalized spacial score (nSPS) is 23.8. The molecule has 2 fully saturated rings. The average molecular weight is 442 g/mol. The van der Waals surface area contributed by atoms with Gasteiger partial charge in [-0.15, -0.1) is 0 Å². The van der Waals surface area contributed by atoms with E-state index in [0.717, 1.165) is 43.9 Å². The van der Waals surface area contributed by atoms with Crippen LogP contribution in [0, 0.1) is 0 Å². The zero-order chi connectivity index (χ0) is 22.3. The molecule has 4 heteroatoms. The van der Waals surface area contributed by atoms with Crippen molar-refractivity contribution in [2.45, 2.75) is 43.1 Å². The Kier molecular flexibility index (Phi) is 5.26. The maximum atomic E-state index is 9.99. The Balaban J connectivity index is 1.29. The maximum absolute atomic E-state index is 9.99. The summed E-state index contributed by atoms with van der Waals surface area (Å²) in [7, 11) is 0. The smallest absolute Gasteiger partial charge is 0.126 e. The summed E-state index contributed by atoms with van der Waals surface area (Å²) < 4.78 is 12.2. The standard InChI is InChI=1S/C29H31NO3/c31-24-11-12-25-27(19-24)32-20-26(21-5-2-1-3-6-21)28(25)22-7-9-23(10-8-22)30-16-14-29(15-17-30)13-4-18-33-29/h1-3,5-12,19,26,28,31H,4,13-18,20H2. The first-order chi connectivity index (χ1) is 16.2. The molecule has 0 saturated carbocycles. The number of hydrogen-bond acceptors (Lipinski definition) is 4. The van der Waals surface area contributed by atoms with E-state index in [9.17, 15) is 5.11 Å². The van der Waals surface area contributed by atoms with Gasteiger partial charge in [0.25, 0.3) is 0 Å². The molecular formula is C29H31NO3. The Bertz CT molecular complexity index is 1100. The van der Waals surface area contributed by atoms with E-state index in [-0.39, 0.29) is 23.2 Å². The van der Waals surface area contributed by atoms with E-state index in [2.05, 4.69) is 59.5 Å². The molecule has 2 saturated heterocycles. The lowest BCUT2D eigenvalue weighted by atomic mass is 9.76. The fourth-order valence-electron chi connectivity index (χ4n) is 6.01. The second-order valence-corrected chi connectivity index (χ2v) is 9.74.